The molecule has 0 saturated carbocycles. The predicted molar refractivity (Wildman–Crippen MR) is 134 cm³/mol. The number of carboxylic acids is 1. The maximum Gasteiger partial charge on any atom is 0.339 e. The molecular weight excluding hydrogens is 461 g/mol. The van der Waals surface area contributed by atoms with Crippen LogP contribution in [0.2, 0.25) is 0 Å². The summed E-state index contributed by atoms with van der Waals surface area (Å²) in [5, 5.41) is 15.6. The molecule has 1 aliphatic rings. The number of carbonyl (C=O) groups is 1. The van der Waals surface area contributed by atoms with Gasteiger partial charge in [0, 0.05) is 19.6 Å². The summed E-state index contributed by atoms with van der Waals surface area (Å²) < 4.78 is 25.2. The highest BCUT2D eigenvalue weighted by atomic mass is 19.1. The third-order valence-electron chi connectivity index (χ3n) is 6.28. The number of aromatic carboxylic acids is 1. The largest absolute Gasteiger partial charge is 0.478 e. The van der Waals surface area contributed by atoms with Crippen molar-refractivity contribution in [1.29, 1.82) is 0 Å². The number of nitrogens with zero attached hydrogens (tertiary/aromatic N) is 2. The third kappa shape index (κ3) is 5.45. The normalized spacial score (nSPS) is 14.0. The van der Waals surface area contributed by atoms with Gasteiger partial charge in [0.05, 0.1) is 25.0 Å². The van der Waals surface area contributed by atoms with Gasteiger partial charge in [0.2, 0.25) is 5.95 Å². The summed E-state index contributed by atoms with van der Waals surface area (Å²) in [4.78, 5) is 14.3. The van der Waals surface area contributed by atoms with Crippen molar-refractivity contribution in [3.8, 4) is 33.8 Å². The molecule has 0 unspecified atom stereocenters. The minimum atomic E-state index is -1.17. The van der Waals surface area contributed by atoms with Gasteiger partial charge < -0.3 is 14.6 Å². The van der Waals surface area contributed by atoms with Gasteiger partial charge in [-0.15, -0.1) is 0 Å². The molecular formula is C28H26FN3O4. The maximum absolute atomic E-state index is 13.9. The molecule has 0 spiro atoms. The van der Waals surface area contributed by atoms with Crippen molar-refractivity contribution in [3.63, 3.8) is 0 Å². The number of benzene rings is 3. The Labute approximate surface area is 208 Å². The van der Waals surface area contributed by atoms with Crippen molar-refractivity contribution in [2.75, 3.05) is 32.8 Å². The average Bonchev–Trinajstić information content (AvgIpc) is 3.34. The Morgan fingerprint density at radius 3 is 2.53 bits per heavy atom. The Bertz CT molecular complexity index is 1350. The minimum absolute atomic E-state index is 0.0666. The molecule has 0 aliphatic carbocycles. The van der Waals surface area contributed by atoms with E-state index in [-0.39, 0.29) is 16.9 Å². The number of hydrogen-bond acceptors (Lipinski definition) is 5. The quantitative estimate of drug-likeness (QED) is 0.353. The van der Waals surface area contributed by atoms with Crippen LogP contribution < -0.4 is 4.74 Å². The maximum atomic E-state index is 13.9. The van der Waals surface area contributed by atoms with Crippen LogP contribution in [0.25, 0.3) is 22.3 Å². The van der Waals surface area contributed by atoms with Crippen molar-refractivity contribution in [1.82, 2.24) is 15.1 Å². The minimum Gasteiger partial charge on any atom is -0.478 e. The van der Waals surface area contributed by atoms with Crippen molar-refractivity contribution >= 4 is 5.97 Å². The first-order valence-electron chi connectivity index (χ1n) is 11.8. The molecule has 7 nitrogen and oxygen atoms in total. The van der Waals surface area contributed by atoms with Gasteiger partial charge in [-0.1, -0.05) is 42.5 Å². The van der Waals surface area contributed by atoms with Crippen LogP contribution in [0, 0.1) is 5.95 Å². The summed E-state index contributed by atoms with van der Waals surface area (Å²) in [6.45, 7) is 4.59. The predicted octanol–water partition coefficient (Wildman–Crippen LogP) is 5.25. The topological polar surface area (TPSA) is 87.7 Å². The Balaban J connectivity index is 1.31. The monoisotopic (exact) mass is 487 g/mol. The highest BCUT2D eigenvalue weighted by molar-refractivity contribution is 5.93. The van der Waals surface area contributed by atoms with Gasteiger partial charge in [-0.05, 0) is 52.9 Å². The summed E-state index contributed by atoms with van der Waals surface area (Å²) in [6, 6.07) is 20.5. The van der Waals surface area contributed by atoms with Crippen LogP contribution in [0.5, 0.6) is 11.5 Å². The molecule has 8 heteroatoms. The van der Waals surface area contributed by atoms with E-state index < -0.39 is 11.9 Å². The molecule has 2 N–H and O–H groups in total. The zero-order valence-corrected chi connectivity index (χ0v) is 19.6. The Kier molecular flexibility index (Phi) is 7.06. The van der Waals surface area contributed by atoms with Gasteiger partial charge in [-0.3, -0.25) is 10.00 Å². The van der Waals surface area contributed by atoms with Crippen LogP contribution >= 0.6 is 0 Å². The Hall–Kier alpha value is -4.01. The van der Waals surface area contributed by atoms with Gasteiger partial charge in [0.15, 0.2) is 0 Å². The van der Waals surface area contributed by atoms with Gasteiger partial charge >= 0.3 is 5.97 Å². The number of carboxylic acid groups (broad SMARTS) is 1. The Morgan fingerprint density at radius 2 is 1.81 bits per heavy atom. The lowest BCUT2D eigenvalue weighted by Gasteiger charge is -2.26. The number of halogens is 1. The molecule has 36 heavy (non-hydrogen) atoms. The molecule has 1 aliphatic heterocycles. The van der Waals surface area contributed by atoms with E-state index in [1.165, 1.54) is 23.9 Å². The second-order valence-electron chi connectivity index (χ2n) is 8.64. The van der Waals surface area contributed by atoms with Gasteiger partial charge in [0.1, 0.15) is 17.1 Å². The van der Waals surface area contributed by atoms with Crippen molar-refractivity contribution < 1.29 is 23.8 Å². The number of H-pyrrole nitrogens is 1. The highest BCUT2D eigenvalue weighted by Crippen LogP contribution is 2.32. The van der Waals surface area contributed by atoms with Crippen LogP contribution in [-0.2, 0) is 11.2 Å². The second kappa shape index (κ2) is 10.7. The standard InChI is InChI=1S/C28H26FN3O4/c29-27-25(18-30-31-27)22-8-9-26(24(17-22)28(33)34)36-23-3-1-2-21(16-23)20-6-4-19(5-7-20)10-11-32-12-14-35-15-13-32/h1-9,16-18H,10-15H2,(H,30,31)(H,33,34). The molecule has 0 atom stereocenters. The number of aromatic amines is 1. The fraction of sp³-hybridized carbons (Fsp3) is 0.214. The molecule has 0 radical (unpaired) electrons. The molecule has 4 aromatic rings. The first-order valence-corrected chi connectivity index (χ1v) is 11.8. The van der Waals surface area contributed by atoms with Crippen LogP contribution in [0.1, 0.15) is 15.9 Å². The zero-order valence-electron chi connectivity index (χ0n) is 19.6. The van der Waals surface area contributed by atoms with Crippen LogP contribution in [0.3, 0.4) is 0 Å². The number of morpholine rings is 1. The summed E-state index contributed by atoms with van der Waals surface area (Å²) in [5.74, 6) is -1.11. The first kappa shape index (κ1) is 23.7. The molecule has 1 fully saturated rings. The van der Waals surface area contributed by atoms with E-state index in [0.717, 1.165) is 50.4 Å². The number of ether oxygens (including phenoxy) is 2. The van der Waals surface area contributed by atoms with Crippen molar-refractivity contribution in [2.24, 2.45) is 0 Å². The molecule has 184 valence electrons. The number of nitrogens with one attached hydrogen (secondary N) is 1. The summed E-state index contributed by atoms with van der Waals surface area (Å²) in [7, 11) is 0. The number of rotatable bonds is 8. The lowest BCUT2D eigenvalue weighted by Crippen LogP contribution is -2.37. The van der Waals surface area contributed by atoms with Crippen LogP contribution in [-0.4, -0.2) is 59.0 Å². The molecule has 0 amide bonds. The van der Waals surface area contributed by atoms with Gasteiger partial charge in [-0.2, -0.15) is 9.49 Å². The first-order chi connectivity index (χ1) is 17.6. The highest BCUT2D eigenvalue weighted by Gasteiger charge is 2.17. The van der Waals surface area contributed by atoms with E-state index in [9.17, 15) is 14.3 Å². The van der Waals surface area contributed by atoms with E-state index in [1.54, 1.807) is 12.1 Å². The van der Waals surface area contributed by atoms with Crippen molar-refractivity contribution in [3.05, 3.63) is 90.0 Å². The lowest BCUT2D eigenvalue weighted by atomic mass is 10.0. The fourth-order valence-corrected chi connectivity index (χ4v) is 4.27. The zero-order chi connectivity index (χ0) is 24.9. The molecule has 1 saturated heterocycles. The summed E-state index contributed by atoms with van der Waals surface area (Å²) in [5.41, 5.74) is 3.80. The second-order valence-corrected chi connectivity index (χ2v) is 8.64. The molecule has 5 rings (SSSR count). The van der Waals surface area contributed by atoms with Crippen LogP contribution in [0.15, 0.2) is 72.9 Å². The molecule has 0 bridgehead atoms. The fourth-order valence-electron chi connectivity index (χ4n) is 4.27. The third-order valence-corrected chi connectivity index (χ3v) is 6.28. The van der Waals surface area contributed by atoms with E-state index >= 15 is 0 Å². The molecule has 3 aromatic carbocycles. The number of aromatic nitrogens is 2. The van der Waals surface area contributed by atoms with Crippen molar-refractivity contribution in [2.45, 2.75) is 6.42 Å². The lowest BCUT2D eigenvalue weighted by molar-refractivity contribution is 0.0384. The smallest absolute Gasteiger partial charge is 0.339 e. The van der Waals surface area contributed by atoms with Gasteiger partial charge in [0.25, 0.3) is 0 Å². The average molecular weight is 488 g/mol. The van der Waals surface area contributed by atoms with E-state index in [2.05, 4.69) is 39.4 Å². The van der Waals surface area contributed by atoms with E-state index in [0.29, 0.717) is 11.3 Å². The van der Waals surface area contributed by atoms with Crippen LogP contribution in [0.4, 0.5) is 4.39 Å². The summed E-state index contributed by atoms with van der Waals surface area (Å²) >= 11 is 0. The van der Waals surface area contributed by atoms with E-state index in [4.69, 9.17) is 9.47 Å². The van der Waals surface area contributed by atoms with E-state index in [1.807, 2.05) is 18.2 Å². The summed E-state index contributed by atoms with van der Waals surface area (Å²) in [6.07, 6.45) is 2.30. The number of hydrogen-bond donors (Lipinski definition) is 2. The Morgan fingerprint density at radius 1 is 1.03 bits per heavy atom. The van der Waals surface area contributed by atoms with Gasteiger partial charge in [-0.25, -0.2) is 4.79 Å². The molecule has 2 heterocycles. The SMILES string of the molecule is O=C(O)c1cc(-c2cn[nH]c2F)ccc1Oc1cccc(-c2ccc(CCN3CCOCC3)cc2)c1. The molecule has 1 aromatic heterocycles.